The van der Waals surface area contributed by atoms with Crippen molar-refractivity contribution in [2.45, 2.75) is 8.42 Å². The van der Waals surface area contributed by atoms with Crippen LogP contribution in [0.3, 0.4) is 0 Å². The Morgan fingerprint density at radius 2 is 0.750 bits per heavy atom. The Labute approximate surface area is 192 Å². The normalized spacial score (nSPS) is 13.2. The topological polar surface area (TPSA) is 68.3 Å². The second-order valence-corrected chi connectivity index (χ2v) is 14.7. The summed E-state index contributed by atoms with van der Waals surface area (Å²) in [6.07, 6.45) is 2.48. The molecule has 0 bridgehead atoms. The standard InChI is InChI=1S/C24H16O4S4/c1-31(25,26)23-11-19-17-5-3-14-13(15(17)7-9-21(19)29-23)4-6-18-16(14)8-10-22-20(18)12-24(30-22)32(2,27)28/h3-12H,1-2H3. The van der Waals surface area contributed by atoms with Crippen molar-refractivity contribution in [1.29, 1.82) is 0 Å². The smallest absolute Gasteiger partial charge is 0.184 e. The monoisotopic (exact) mass is 496 g/mol. The van der Waals surface area contributed by atoms with Crippen LogP contribution in [0, 0.1) is 0 Å². The van der Waals surface area contributed by atoms with Crippen molar-refractivity contribution in [3.63, 3.8) is 0 Å². The van der Waals surface area contributed by atoms with Gasteiger partial charge in [0.1, 0.15) is 8.42 Å². The maximum atomic E-state index is 12.0. The summed E-state index contributed by atoms with van der Waals surface area (Å²) in [6.45, 7) is 0. The molecular formula is C24H16O4S4. The Kier molecular flexibility index (Phi) is 4.09. The molecule has 0 aliphatic heterocycles. The first kappa shape index (κ1) is 20.1. The van der Waals surface area contributed by atoms with Gasteiger partial charge >= 0.3 is 0 Å². The van der Waals surface area contributed by atoms with Crippen LogP contribution >= 0.6 is 22.7 Å². The van der Waals surface area contributed by atoms with E-state index in [9.17, 15) is 16.8 Å². The molecule has 0 saturated heterocycles. The molecule has 4 nitrogen and oxygen atoms in total. The second kappa shape index (κ2) is 6.51. The molecule has 0 amide bonds. The Hall–Kier alpha value is -2.52. The van der Waals surface area contributed by atoms with Crippen molar-refractivity contribution in [2.75, 3.05) is 12.5 Å². The van der Waals surface area contributed by atoms with Gasteiger partial charge in [-0.05, 0) is 56.6 Å². The van der Waals surface area contributed by atoms with Crippen LogP contribution in [-0.2, 0) is 19.7 Å². The summed E-state index contributed by atoms with van der Waals surface area (Å²) in [4.78, 5) is 0. The molecule has 8 heteroatoms. The molecule has 4 aromatic carbocycles. The SMILES string of the molecule is CS(=O)(=O)c1cc2c(ccc3c2ccc2c4ccc5sc(S(C)(=O)=O)cc5c4ccc32)s1. The lowest BCUT2D eigenvalue weighted by atomic mass is 9.95. The highest BCUT2D eigenvalue weighted by Gasteiger charge is 2.17. The van der Waals surface area contributed by atoms with Crippen LogP contribution in [0.15, 0.2) is 69.1 Å². The van der Waals surface area contributed by atoms with Crippen molar-refractivity contribution in [1.82, 2.24) is 0 Å². The fourth-order valence-electron chi connectivity index (χ4n) is 4.40. The number of thiophene rings is 2. The van der Waals surface area contributed by atoms with Crippen LogP contribution < -0.4 is 0 Å². The molecule has 0 radical (unpaired) electrons. The number of fused-ring (bicyclic) bond motifs is 9. The van der Waals surface area contributed by atoms with Gasteiger partial charge in [0.25, 0.3) is 0 Å². The first-order valence-electron chi connectivity index (χ1n) is 9.76. The summed E-state index contributed by atoms with van der Waals surface area (Å²) in [7, 11) is -6.51. The minimum Gasteiger partial charge on any atom is -0.223 e. The molecule has 0 aliphatic rings. The minimum absolute atomic E-state index is 0.375. The summed E-state index contributed by atoms with van der Waals surface area (Å²) in [6, 6.07) is 19.9. The maximum Gasteiger partial charge on any atom is 0.184 e. The Balaban J connectivity index is 1.69. The van der Waals surface area contributed by atoms with Gasteiger partial charge in [-0.15, -0.1) is 22.7 Å². The predicted molar refractivity (Wildman–Crippen MR) is 136 cm³/mol. The van der Waals surface area contributed by atoms with Crippen LogP contribution in [0.25, 0.3) is 52.5 Å². The number of hydrogen-bond acceptors (Lipinski definition) is 6. The van der Waals surface area contributed by atoms with Gasteiger partial charge in [-0.25, -0.2) is 16.8 Å². The molecule has 32 heavy (non-hydrogen) atoms. The Morgan fingerprint density at radius 3 is 1.06 bits per heavy atom. The van der Waals surface area contributed by atoms with E-state index in [1.807, 2.05) is 12.1 Å². The molecule has 6 aromatic rings. The van der Waals surface area contributed by atoms with Crippen molar-refractivity contribution < 1.29 is 16.8 Å². The van der Waals surface area contributed by atoms with E-state index < -0.39 is 19.7 Å². The number of benzene rings is 4. The van der Waals surface area contributed by atoms with Gasteiger partial charge in [0.15, 0.2) is 19.7 Å². The molecule has 0 fully saturated rings. The van der Waals surface area contributed by atoms with E-state index >= 15 is 0 Å². The number of sulfone groups is 2. The van der Waals surface area contributed by atoms with Crippen LogP contribution in [0.1, 0.15) is 0 Å². The van der Waals surface area contributed by atoms with Gasteiger partial charge in [-0.1, -0.05) is 36.4 Å². The van der Waals surface area contributed by atoms with Crippen LogP contribution in [0.5, 0.6) is 0 Å². The van der Waals surface area contributed by atoms with Gasteiger partial charge in [0, 0.05) is 32.7 Å². The lowest BCUT2D eigenvalue weighted by molar-refractivity contribution is 0.602. The van der Waals surface area contributed by atoms with Crippen LogP contribution in [0.2, 0.25) is 0 Å². The number of rotatable bonds is 2. The lowest BCUT2D eigenvalue weighted by Crippen LogP contribution is -1.91. The van der Waals surface area contributed by atoms with E-state index in [0.717, 1.165) is 52.5 Å². The zero-order valence-electron chi connectivity index (χ0n) is 17.0. The minimum atomic E-state index is -3.26. The average Bonchev–Trinajstić information content (AvgIpc) is 3.37. The van der Waals surface area contributed by atoms with Crippen LogP contribution in [-0.4, -0.2) is 29.3 Å². The first-order chi connectivity index (χ1) is 15.1. The zero-order valence-corrected chi connectivity index (χ0v) is 20.3. The molecule has 6 rings (SSSR count). The van der Waals surface area contributed by atoms with Gasteiger partial charge in [-0.2, -0.15) is 0 Å². The van der Waals surface area contributed by atoms with Crippen molar-refractivity contribution in [2.24, 2.45) is 0 Å². The highest BCUT2D eigenvalue weighted by molar-refractivity contribution is 7.93. The largest absolute Gasteiger partial charge is 0.223 e. The third-order valence-electron chi connectivity index (χ3n) is 5.87. The molecule has 0 atom stereocenters. The van der Waals surface area contributed by atoms with E-state index in [1.54, 1.807) is 12.1 Å². The van der Waals surface area contributed by atoms with Crippen molar-refractivity contribution in [3.05, 3.63) is 60.7 Å². The van der Waals surface area contributed by atoms with E-state index in [-0.39, 0.29) is 0 Å². The summed E-state index contributed by atoms with van der Waals surface area (Å²) in [5.74, 6) is 0. The van der Waals surface area contributed by atoms with Gasteiger partial charge in [-0.3, -0.25) is 0 Å². The summed E-state index contributed by atoms with van der Waals surface area (Å²) in [5, 5.41) is 8.24. The fourth-order valence-corrected chi connectivity index (χ4v) is 8.43. The van der Waals surface area contributed by atoms with Crippen LogP contribution in [0.4, 0.5) is 0 Å². The highest BCUT2D eigenvalue weighted by Crippen LogP contribution is 2.41. The van der Waals surface area contributed by atoms with E-state index in [0.29, 0.717) is 8.42 Å². The molecule has 0 unspecified atom stereocenters. The molecule has 160 valence electrons. The first-order valence-corrected chi connectivity index (χ1v) is 15.2. The molecular weight excluding hydrogens is 481 g/mol. The van der Waals surface area contributed by atoms with Crippen molar-refractivity contribution >= 4 is 94.8 Å². The summed E-state index contributed by atoms with van der Waals surface area (Å²) in [5.41, 5.74) is 0. The van der Waals surface area contributed by atoms with Gasteiger partial charge < -0.3 is 0 Å². The quantitative estimate of drug-likeness (QED) is 0.261. The Bertz CT molecular complexity index is 1830. The molecule has 0 spiro atoms. The van der Waals surface area contributed by atoms with E-state index in [4.69, 9.17) is 0 Å². The second-order valence-electron chi connectivity index (χ2n) is 8.05. The fraction of sp³-hybridized carbons (Fsp3) is 0.0833. The van der Waals surface area contributed by atoms with E-state index in [2.05, 4.69) is 36.4 Å². The van der Waals surface area contributed by atoms with E-state index in [1.165, 1.54) is 35.2 Å². The maximum absolute atomic E-state index is 12.0. The molecule has 0 N–H and O–H groups in total. The van der Waals surface area contributed by atoms with Gasteiger partial charge in [0.2, 0.25) is 0 Å². The number of hydrogen-bond donors (Lipinski definition) is 0. The highest BCUT2D eigenvalue weighted by atomic mass is 32.2. The predicted octanol–water partition coefficient (Wildman–Crippen LogP) is 6.38. The van der Waals surface area contributed by atoms with Gasteiger partial charge in [0.05, 0.1) is 0 Å². The summed E-state index contributed by atoms with van der Waals surface area (Å²) >= 11 is 2.59. The lowest BCUT2D eigenvalue weighted by Gasteiger charge is -2.09. The molecule has 2 heterocycles. The summed E-state index contributed by atoms with van der Waals surface area (Å²) < 4.78 is 50.8. The molecule has 0 aliphatic carbocycles. The molecule has 2 aromatic heterocycles. The van der Waals surface area contributed by atoms with Crippen molar-refractivity contribution in [3.8, 4) is 0 Å². The average molecular weight is 497 g/mol. The zero-order chi connectivity index (χ0) is 22.4. The molecule has 0 saturated carbocycles. The third-order valence-corrected chi connectivity index (χ3v) is 11.7. The third kappa shape index (κ3) is 2.90. The Morgan fingerprint density at radius 1 is 0.469 bits per heavy atom.